The molecule has 0 aromatic heterocycles. The topological polar surface area (TPSA) is 29.1 Å². The highest BCUT2D eigenvalue weighted by molar-refractivity contribution is 9.10. The smallest absolute Gasteiger partial charge is 0.251 e. The standard InChI is InChI=1S/C15H22BrNO/c1-10(2)5-6-12(4)17-15(18)13-7-11(3)8-14(16)9-13/h7-10,12H,5-6H2,1-4H3,(H,17,18). The zero-order valence-electron chi connectivity index (χ0n) is 11.6. The first kappa shape index (κ1) is 15.2. The number of nitrogens with one attached hydrogen (secondary N) is 1. The van der Waals surface area contributed by atoms with Gasteiger partial charge in [0.1, 0.15) is 0 Å². The second kappa shape index (κ2) is 6.93. The largest absolute Gasteiger partial charge is 0.350 e. The molecule has 0 saturated heterocycles. The molecule has 18 heavy (non-hydrogen) atoms. The lowest BCUT2D eigenvalue weighted by molar-refractivity contribution is 0.0937. The molecule has 0 bridgehead atoms. The van der Waals surface area contributed by atoms with Crippen LogP contribution in [0.1, 0.15) is 49.5 Å². The molecule has 0 heterocycles. The van der Waals surface area contributed by atoms with Crippen molar-refractivity contribution in [2.75, 3.05) is 0 Å². The Balaban J connectivity index is 2.59. The highest BCUT2D eigenvalue weighted by Gasteiger charge is 2.11. The van der Waals surface area contributed by atoms with Gasteiger partial charge in [0.15, 0.2) is 0 Å². The maximum Gasteiger partial charge on any atom is 0.251 e. The molecule has 2 nitrogen and oxygen atoms in total. The molecule has 0 aliphatic heterocycles. The number of rotatable bonds is 5. The van der Waals surface area contributed by atoms with Crippen molar-refractivity contribution in [3.05, 3.63) is 33.8 Å². The Morgan fingerprint density at radius 1 is 1.22 bits per heavy atom. The van der Waals surface area contributed by atoms with Gasteiger partial charge in [-0.05, 0) is 56.4 Å². The Labute approximate surface area is 118 Å². The van der Waals surface area contributed by atoms with Crippen LogP contribution in [0.3, 0.4) is 0 Å². The van der Waals surface area contributed by atoms with Gasteiger partial charge in [-0.2, -0.15) is 0 Å². The summed E-state index contributed by atoms with van der Waals surface area (Å²) >= 11 is 3.42. The third-order valence-electron chi connectivity index (χ3n) is 2.86. The fourth-order valence-corrected chi connectivity index (χ4v) is 2.44. The van der Waals surface area contributed by atoms with Crippen molar-refractivity contribution in [3.63, 3.8) is 0 Å². The van der Waals surface area contributed by atoms with E-state index in [0.717, 1.165) is 28.4 Å². The number of aryl methyl sites for hydroxylation is 1. The average Bonchev–Trinajstić information content (AvgIpc) is 2.25. The van der Waals surface area contributed by atoms with E-state index in [-0.39, 0.29) is 11.9 Å². The van der Waals surface area contributed by atoms with Crippen molar-refractivity contribution < 1.29 is 4.79 Å². The Bertz CT molecular complexity index is 395. The van der Waals surface area contributed by atoms with Crippen molar-refractivity contribution in [1.29, 1.82) is 0 Å². The summed E-state index contributed by atoms with van der Waals surface area (Å²) in [6.45, 7) is 8.45. The quantitative estimate of drug-likeness (QED) is 0.862. The molecule has 100 valence electrons. The Kier molecular flexibility index (Phi) is 5.86. The molecule has 0 spiro atoms. The van der Waals surface area contributed by atoms with Crippen LogP contribution in [0.2, 0.25) is 0 Å². The van der Waals surface area contributed by atoms with Crippen molar-refractivity contribution in [2.24, 2.45) is 5.92 Å². The molecular formula is C15H22BrNO. The van der Waals surface area contributed by atoms with Gasteiger partial charge in [0.05, 0.1) is 0 Å². The molecule has 1 amide bonds. The van der Waals surface area contributed by atoms with Crippen LogP contribution in [-0.4, -0.2) is 11.9 Å². The summed E-state index contributed by atoms with van der Waals surface area (Å²) in [5.74, 6) is 0.688. The summed E-state index contributed by atoms with van der Waals surface area (Å²) in [4.78, 5) is 12.1. The number of benzene rings is 1. The summed E-state index contributed by atoms with van der Waals surface area (Å²) in [7, 11) is 0. The van der Waals surface area contributed by atoms with E-state index in [4.69, 9.17) is 0 Å². The fourth-order valence-electron chi connectivity index (χ4n) is 1.83. The minimum Gasteiger partial charge on any atom is -0.350 e. The van der Waals surface area contributed by atoms with Crippen LogP contribution < -0.4 is 5.32 Å². The third-order valence-corrected chi connectivity index (χ3v) is 3.32. The SMILES string of the molecule is Cc1cc(Br)cc(C(=O)NC(C)CCC(C)C)c1. The van der Waals surface area contributed by atoms with Gasteiger partial charge in [-0.1, -0.05) is 29.8 Å². The predicted octanol–water partition coefficient (Wildman–Crippen LogP) is 4.31. The lowest BCUT2D eigenvalue weighted by atomic mass is 10.0. The predicted molar refractivity (Wildman–Crippen MR) is 79.9 cm³/mol. The number of hydrogen-bond acceptors (Lipinski definition) is 1. The van der Waals surface area contributed by atoms with Crippen molar-refractivity contribution in [3.8, 4) is 0 Å². The Hall–Kier alpha value is -0.830. The Morgan fingerprint density at radius 2 is 1.89 bits per heavy atom. The van der Waals surface area contributed by atoms with Crippen LogP contribution in [0.4, 0.5) is 0 Å². The zero-order valence-corrected chi connectivity index (χ0v) is 13.2. The van der Waals surface area contributed by atoms with Crippen LogP contribution in [-0.2, 0) is 0 Å². The number of carbonyl (C=O) groups excluding carboxylic acids is 1. The second-order valence-electron chi connectivity index (χ2n) is 5.36. The molecule has 1 unspecified atom stereocenters. The van der Waals surface area contributed by atoms with E-state index in [1.165, 1.54) is 0 Å². The maximum atomic E-state index is 12.1. The van der Waals surface area contributed by atoms with Gasteiger partial charge in [-0.15, -0.1) is 0 Å². The van der Waals surface area contributed by atoms with E-state index in [0.29, 0.717) is 5.92 Å². The number of carbonyl (C=O) groups is 1. The number of hydrogen-bond donors (Lipinski definition) is 1. The Morgan fingerprint density at radius 3 is 2.44 bits per heavy atom. The van der Waals surface area contributed by atoms with Crippen molar-refractivity contribution >= 4 is 21.8 Å². The second-order valence-corrected chi connectivity index (χ2v) is 6.28. The van der Waals surface area contributed by atoms with Gasteiger partial charge >= 0.3 is 0 Å². The zero-order chi connectivity index (χ0) is 13.7. The summed E-state index contributed by atoms with van der Waals surface area (Å²) < 4.78 is 0.947. The first-order valence-corrected chi connectivity index (χ1v) is 7.26. The van der Waals surface area contributed by atoms with Gasteiger partial charge in [0.25, 0.3) is 5.91 Å². The van der Waals surface area contributed by atoms with Gasteiger partial charge in [-0.3, -0.25) is 4.79 Å². The van der Waals surface area contributed by atoms with E-state index in [1.54, 1.807) is 0 Å². The van der Waals surface area contributed by atoms with Gasteiger partial charge in [0.2, 0.25) is 0 Å². The molecule has 0 radical (unpaired) electrons. The molecule has 0 aliphatic rings. The highest BCUT2D eigenvalue weighted by Crippen LogP contribution is 2.15. The van der Waals surface area contributed by atoms with E-state index in [1.807, 2.05) is 25.1 Å². The summed E-state index contributed by atoms with van der Waals surface area (Å²) in [6, 6.07) is 5.99. The molecule has 1 atom stereocenters. The number of amides is 1. The monoisotopic (exact) mass is 311 g/mol. The molecule has 1 N–H and O–H groups in total. The van der Waals surface area contributed by atoms with E-state index in [2.05, 4.69) is 42.0 Å². The molecule has 0 saturated carbocycles. The summed E-state index contributed by atoms with van der Waals surface area (Å²) in [5.41, 5.74) is 1.81. The third kappa shape index (κ3) is 5.21. The van der Waals surface area contributed by atoms with Gasteiger partial charge in [0, 0.05) is 16.1 Å². The van der Waals surface area contributed by atoms with Crippen LogP contribution >= 0.6 is 15.9 Å². The molecule has 1 aromatic rings. The van der Waals surface area contributed by atoms with Crippen LogP contribution in [0.15, 0.2) is 22.7 Å². The summed E-state index contributed by atoms with van der Waals surface area (Å²) in [6.07, 6.45) is 2.16. The van der Waals surface area contributed by atoms with E-state index in [9.17, 15) is 4.79 Å². The number of halogens is 1. The van der Waals surface area contributed by atoms with Crippen LogP contribution in [0.25, 0.3) is 0 Å². The van der Waals surface area contributed by atoms with Crippen molar-refractivity contribution in [1.82, 2.24) is 5.32 Å². The molecule has 1 aromatic carbocycles. The highest BCUT2D eigenvalue weighted by atomic mass is 79.9. The lowest BCUT2D eigenvalue weighted by Gasteiger charge is -2.15. The lowest BCUT2D eigenvalue weighted by Crippen LogP contribution is -2.32. The van der Waals surface area contributed by atoms with E-state index < -0.39 is 0 Å². The van der Waals surface area contributed by atoms with Gasteiger partial charge < -0.3 is 5.32 Å². The fraction of sp³-hybridized carbons (Fsp3) is 0.533. The minimum atomic E-state index is 0.00987. The molecule has 0 aliphatic carbocycles. The maximum absolute atomic E-state index is 12.1. The first-order valence-electron chi connectivity index (χ1n) is 6.46. The average molecular weight is 312 g/mol. The summed E-state index contributed by atoms with van der Waals surface area (Å²) in [5, 5.41) is 3.05. The minimum absolute atomic E-state index is 0.00987. The molecule has 0 fully saturated rings. The van der Waals surface area contributed by atoms with E-state index >= 15 is 0 Å². The van der Waals surface area contributed by atoms with Crippen molar-refractivity contribution in [2.45, 2.75) is 46.6 Å². The molecule has 1 rings (SSSR count). The normalized spacial score (nSPS) is 12.6. The van der Waals surface area contributed by atoms with Crippen LogP contribution in [0, 0.1) is 12.8 Å². The van der Waals surface area contributed by atoms with Gasteiger partial charge in [-0.25, -0.2) is 0 Å². The first-order chi connectivity index (χ1) is 8.38. The van der Waals surface area contributed by atoms with Crippen LogP contribution in [0.5, 0.6) is 0 Å². The molecule has 3 heteroatoms. The molecular weight excluding hydrogens is 290 g/mol.